The van der Waals surface area contributed by atoms with Crippen LogP contribution in [-0.4, -0.2) is 85.2 Å². The van der Waals surface area contributed by atoms with Gasteiger partial charge in [-0.05, 0) is 42.5 Å². The number of hydrogen-bond donors (Lipinski definition) is 3. The van der Waals surface area contributed by atoms with Gasteiger partial charge in [0.15, 0.2) is 0 Å². The summed E-state index contributed by atoms with van der Waals surface area (Å²) in [6.45, 7) is 5.24. The van der Waals surface area contributed by atoms with E-state index in [9.17, 15) is 22.8 Å². The minimum absolute atomic E-state index is 0.0164. The first kappa shape index (κ1) is 28.6. The lowest BCUT2D eigenvalue weighted by molar-refractivity contribution is -0.130. The van der Waals surface area contributed by atoms with Gasteiger partial charge in [-0.2, -0.15) is 0 Å². The summed E-state index contributed by atoms with van der Waals surface area (Å²) in [4.78, 5) is 47.6. The van der Waals surface area contributed by atoms with Crippen molar-refractivity contribution in [3.05, 3.63) is 66.4 Å². The van der Waals surface area contributed by atoms with Crippen molar-refractivity contribution in [3.63, 3.8) is 0 Å². The fourth-order valence-corrected chi connectivity index (χ4v) is 5.16. The minimum Gasteiger partial charge on any atom is -0.355 e. The molecule has 2 heterocycles. The van der Waals surface area contributed by atoms with E-state index in [0.717, 1.165) is 0 Å². The summed E-state index contributed by atoms with van der Waals surface area (Å²) < 4.78 is 27.4. The van der Waals surface area contributed by atoms with Gasteiger partial charge in [-0.25, -0.2) is 23.1 Å². The van der Waals surface area contributed by atoms with Crippen LogP contribution in [-0.2, 0) is 19.6 Å². The Morgan fingerprint density at radius 2 is 1.50 bits per heavy atom. The van der Waals surface area contributed by atoms with Crippen molar-refractivity contribution in [3.8, 4) is 11.3 Å². The number of anilines is 2. The molecule has 1 aliphatic heterocycles. The van der Waals surface area contributed by atoms with Crippen molar-refractivity contribution < 1.29 is 22.8 Å². The molecule has 1 aliphatic rings. The van der Waals surface area contributed by atoms with Crippen LogP contribution in [0.3, 0.4) is 0 Å². The number of sulfonamides is 1. The Morgan fingerprint density at radius 3 is 2.12 bits per heavy atom. The van der Waals surface area contributed by atoms with Gasteiger partial charge < -0.3 is 20.4 Å². The van der Waals surface area contributed by atoms with Gasteiger partial charge in [-0.3, -0.25) is 14.4 Å². The van der Waals surface area contributed by atoms with Gasteiger partial charge in [0, 0.05) is 76.1 Å². The van der Waals surface area contributed by atoms with Crippen LogP contribution in [0.2, 0.25) is 0 Å². The zero-order chi connectivity index (χ0) is 28.7. The number of benzene rings is 2. The van der Waals surface area contributed by atoms with E-state index in [1.165, 1.54) is 26.0 Å². The Morgan fingerprint density at radius 1 is 0.850 bits per heavy atom. The number of amides is 3. The fraction of sp³-hybridized carbons (Fsp3) is 0.296. The monoisotopic (exact) mass is 565 g/mol. The molecule has 0 aliphatic carbocycles. The van der Waals surface area contributed by atoms with Crippen molar-refractivity contribution in [2.24, 2.45) is 0 Å². The largest absolute Gasteiger partial charge is 0.355 e. The van der Waals surface area contributed by atoms with E-state index >= 15 is 0 Å². The standard InChI is InChI=1S/C27H31N7O5S/c1-19(35)28-13-14-30-40(38,39)24-9-5-21(6-10-24)25-11-12-29-27(32-25)31-23-7-3-22(4-8-23)26(37)34-17-15-33(16-18-34)20(2)36/h3-12,30H,13-18H2,1-2H3,(H,28,35)(H,29,31,32). The summed E-state index contributed by atoms with van der Waals surface area (Å²) in [5.74, 6) is 0.0451. The van der Waals surface area contributed by atoms with Crippen LogP contribution in [0, 0.1) is 0 Å². The molecule has 0 bridgehead atoms. The van der Waals surface area contributed by atoms with Gasteiger partial charge in [-0.15, -0.1) is 0 Å². The highest BCUT2D eigenvalue weighted by Gasteiger charge is 2.23. The number of rotatable bonds is 9. The second-order valence-electron chi connectivity index (χ2n) is 9.17. The van der Waals surface area contributed by atoms with Gasteiger partial charge in [-0.1, -0.05) is 12.1 Å². The van der Waals surface area contributed by atoms with Gasteiger partial charge >= 0.3 is 0 Å². The summed E-state index contributed by atoms with van der Waals surface area (Å²) in [7, 11) is -3.72. The van der Waals surface area contributed by atoms with E-state index in [0.29, 0.717) is 54.6 Å². The lowest BCUT2D eigenvalue weighted by atomic mass is 10.1. The van der Waals surface area contributed by atoms with Crippen LogP contribution in [0.5, 0.6) is 0 Å². The van der Waals surface area contributed by atoms with Crippen LogP contribution >= 0.6 is 0 Å². The minimum atomic E-state index is -3.72. The number of carbonyl (C=O) groups is 3. The molecule has 1 saturated heterocycles. The lowest BCUT2D eigenvalue weighted by Gasteiger charge is -2.34. The lowest BCUT2D eigenvalue weighted by Crippen LogP contribution is -2.50. The van der Waals surface area contributed by atoms with Gasteiger partial charge in [0.05, 0.1) is 10.6 Å². The highest BCUT2D eigenvalue weighted by molar-refractivity contribution is 7.89. The molecule has 3 aromatic rings. The molecule has 1 aromatic heterocycles. The molecule has 4 rings (SSSR count). The quantitative estimate of drug-likeness (QED) is 0.331. The van der Waals surface area contributed by atoms with E-state index < -0.39 is 10.0 Å². The number of piperazine rings is 1. The molecule has 0 unspecified atom stereocenters. The molecular weight excluding hydrogens is 534 g/mol. The molecule has 0 saturated carbocycles. The molecule has 2 aromatic carbocycles. The number of nitrogens with one attached hydrogen (secondary N) is 3. The van der Waals surface area contributed by atoms with Crippen LogP contribution < -0.4 is 15.4 Å². The smallest absolute Gasteiger partial charge is 0.253 e. The first-order chi connectivity index (χ1) is 19.1. The third-order valence-corrected chi connectivity index (χ3v) is 7.78. The maximum absolute atomic E-state index is 12.8. The third-order valence-electron chi connectivity index (χ3n) is 6.31. The third kappa shape index (κ3) is 7.39. The first-order valence-electron chi connectivity index (χ1n) is 12.7. The Hall–Kier alpha value is -4.36. The Balaban J connectivity index is 1.36. The average Bonchev–Trinajstić information content (AvgIpc) is 2.95. The van der Waals surface area contributed by atoms with E-state index in [1.807, 2.05) is 0 Å². The van der Waals surface area contributed by atoms with Crippen molar-refractivity contribution in [1.82, 2.24) is 29.8 Å². The van der Waals surface area contributed by atoms with Gasteiger partial charge in [0.2, 0.25) is 27.8 Å². The second kappa shape index (κ2) is 12.7. The zero-order valence-electron chi connectivity index (χ0n) is 22.3. The predicted octanol–water partition coefficient (Wildman–Crippen LogP) is 1.61. The van der Waals surface area contributed by atoms with Crippen LogP contribution in [0.25, 0.3) is 11.3 Å². The predicted molar refractivity (Wildman–Crippen MR) is 149 cm³/mol. The number of carbonyl (C=O) groups excluding carboxylic acids is 3. The molecule has 1 fully saturated rings. The molecule has 0 radical (unpaired) electrons. The van der Waals surface area contributed by atoms with Crippen LogP contribution in [0.15, 0.2) is 65.7 Å². The van der Waals surface area contributed by atoms with E-state index in [2.05, 4.69) is 25.3 Å². The fourth-order valence-electron chi connectivity index (χ4n) is 4.12. The highest BCUT2D eigenvalue weighted by atomic mass is 32.2. The number of aromatic nitrogens is 2. The molecule has 3 amide bonds. The Kier molecular flexibility index (Phi) is 9.07. The zero-order valence-corrected chi connectivity index (χ0v) is 23.1. The van der Waals surface area contributed by atoms with Gasteiger partial charge in [0.25, 0.3) is 5.91 Å². The molecule has 13 heteroatoms. The normalized spacial score (nSPS) is 13.6. The topological polar surface area (TPSA) is 154 Å². The summed E-state index contributed by atoms with van der Waals surface area (Å²) in [5.41, 5.74) is 2.54. The van der Waals surface area contributed by atoms with Crippen molar-refractivity contribution in [2.45, 2.75) is 18.7 Å². The summed E-state index contributed by atoms with van der Waals surface area (Å²) in [5, 5.41) is 5.66. The molecule has 0 spiro atoms. The summed E-state index contributed by atoms with van der Waals surface area (Å²) >= 11 is 0. The maximum Gasteiger partial charge on any atom is 0.253 e. The van der Waals surface area contributed by atoms with E-state index in [1.54, 1.807) is 58.5 Å². The molecular formula is C27H31N7O5S. The molecule has 40 heavy (non-hydrogen) atoms. The maximum atomic E-state index is 12.8. The summed E-state index contributed by atoms with van der Waals surface area (Å²) in [6.07, 6.45) is 1.59. The highest BCUT2D eigenvalue weighted by Crippen LogP contribution is 2.22. The number of hydrogen-bond acceptors (Lipinski definition) is 8. The molecule has 210 valence electrons. The van der Waals surface area contributed by atoms with E-state index in [-0.39, 0.29) is 35.7 Å². The van der Waals surface area contributed by atoms with Crippen molar-refractivity contribution in [1.29, 1.82) is 0 Å². The Labute approximate surface area is 232 Å². The average molecular weight is 566 g/mol. The molecule has 3 N–H and O–H groups in total. The van der Waals surface area contributed by atoms with E-state index in [4.69, 9.17) is 0 Å². The van der Waals surface area contributed by atoms with Crippen LogP contribution in [0.4, 0.5) is 11.6 Å². The second-order valence-corrected chi connectivity index (χ2v) is 10.9. The molecule has 12 nitrogen and oxygen atoms in total. The first-order valence-corrected chi connectivity index (χ1v) is 14.2. The van der Waals surface area contributed by atoms with Crippen molar-refractivity contribution >= 4 is 39.4 Å². The SMILES string of the molecule is CC(=O)NCCNS(=O)(=O)c1ccc(-c2ccnc(Nc3ccc(C(=O)N4CCN(C(C)=O)CC4)cc3)n2)cc1. The van der Waals surface area contributed by atoms with Crippen LogP contribution in [0.1, 0.15) is 24.2 Å². The Bertz CT molecular complexity index is 1470. The van der Waals surface area contributed by atoms with Crippen molar-refractivity contribution in [2.75, 3.05) is 44.6 Å². The summed E-state index contributed by atoms with van der Waals surface area (Å²) in [6, 6.07) is 15.0. The van der Waals surface area contributed by atoms with Gasteiger partial charge in [0.1, 0.15) is 0 Å². The number of nitrogens with zero attached hydrogens (tertiary/aromatic N) is 4. The molecule has 0 atom stereocenters.